The number of amides is 1. The molecule has 1 aliphatic heterocycles. The first-order chi connectivity index (χ1) is 15.5. The van der Waals surface area contributed by atoms with E-state index in [1.807, 2.05) is 18.2 Å². The highest BCUT2D eigenvalue weighted by Crippen LogP contribution is 2.41. The van der Waals surface area contributed by atoms with Crippen molar-refractivity contribution in [3.8, 4) is 17.5 Å². The van der Waals surface area contributed by atoms with Gasteiger partial charge in [-0.15, -0.1) is 23.1 Å². The third-order valence-corrected chi connectivity index (χ3v) is 8.65. The van der Waals surface area contributed by atoms with Crippen molar-refractivity contribution < 1.29 is 9.53 Å². The predicted octanol–water partition coefficient (Wildman–Crippen LogP) is 3.96. The average molecular weight is 487 g/mol. The molecule has 0 atom stereocenters. The summed E-state index contributed by atoms with van der Waals surface area (Å²) in [7, 11) is 3.28. The van der Waals surface area contributed by atoms with E-state index in [1.165, 1.54) is 20.9 Å². The number of methoxy groups -OCH3 is 1. The van der Waals surface area contributed by atoms with Gasteiger partial charge in [0, 0.05) is 13.6 Å². The number of ether oxygens (including phenoxy) is 1. The summed E-state index contributed by atoms with van der Waals surface area (Å²) in [4.78, 5) is 33.3. The Morgan fingerprint density at radius 2 is 2.16 bits per heavy atom. The molecule has 1 amide bonds. The minimum absolute atomic E-state index is 0.104. The Morgan fingerprint density at radius 3 is 2.88 bits per heavy atom. The number of hydrogen-bond acceptors (Lipinski definition) is 8. The van der Waals surface area contributed by atoms with Crippen LogP contribution in [0.2, 0.25) is 0 Å². The zero-order valence-electron chi connectivity index (χ0n) is 17.8. The maximum Gasteiger partial charge on any atom is 0.267 e. The topological polar surface area (TPSA) is 88.2 Å². The van der Waals surface area contributed by atoms with Gasteiger partial charge < -0.3 is 9.64 Å². The van der Waals surface area contributed by atoms with E-state index >= 15 is 0 Å². The first-order valence-electron chi connectivity index (χ1n) is 10.1. The minimum atomic E-state index is -0.109. The molecule has 0 saturated heterocycles. The Labute approximate surface area is 198 Å². The number of rotatable bonds is 7. The van der Waals surface area contributed by atoms with E-state index in [2.05, 4.69) is 0 Å². The van der Waals surface area contributed by atoms with Crippen LogP contribution in [0.4, 0.5) is 0 Å². The van der Waals surface area contributed by atoms with Crippen molar-refractivity contribution in [1.29, 1.82) is 5.26 Å². The predicted molar refractivity (Wildman–Crippen MR) is 129 cm³/mol. The third kappa shape index (κ3) is 4.51. The molecule has 1 aliphatic rings. The van der Waals surface area contributed by atoms with Crippen LogP contribution in [-0.2, 0) is 11.2 Å². The first-order valence-corrected chi connectivity index (χ1v) is 12.9. The fourth-order valence-electron chi connectivity index (χ4n) is 3.46. The van der Waals surface area contributed by atoms with Crippen LogP contribution in [0.1, 0.15) is 18.4 Å². The number of thiophene rings is 1. The minimum Gasteiger partial charge on any atom is -0.497 e. The molecule has 0 radical (unpaired) electrons. The number of thioether (sulfide) groups is 2. The summed E-state index contributed by atoms with van der Waals surface area (Å²) < 4.78 is 8.02. The number of nitriles is 1. The van der Waals surface area contributed by atoms with Gasteiger partial charge in [0.05, 0.1) is 40.6 Å². The summed E-state index contributed by atoms with van der Waals surface area (Å²) in [6.45, 7) is 0.377. The molecule has 4 rings (SSSR count). The van der Waals surface area contributed by atoms with Gasteiger partial charge in [-0.3, -0.25) is 14.2 Å². The summed E-state index contributed by atoms with van der Waals surface area (Å²) >= 11 is 4.59. The fraction of sp³-hybridized carbons (Fsp3) is 0.364. The van der Waals surface area contributed by atoms with E-state index in [0.717, 1.165) is 29.0 Å². The highest BCUT2D eigenvalue weighted by Gasteiger charge is 2.24. The summed E-state index contributed by atoms with van der Waals surface area (Å²) in [5.74, 6) is 1.78. The Balaban J connectivity index is 1.76. The zero-order chi connectivity index (χ0) is 22.7. The second kappa shape index (κ2) is 9.98. The zero-order valence-corrected chi connectivity index (χ0v) is 20.2. The molecule has 0 fully saturated rings. The lowest BCUT2D eigenvalue weighted by Gasteiger charge is -2.16. The van der Waals surface area contributed by atoms with E-state index in [9.17, 15) is 9.59 Å². The number of hydrogen-bond donors (Lipinski definition) is 0. The van der Waals surface area contributed by atoms with Crippen LogP contribution in [0.5, 0.6) is 5.75 Å². The van der Waals surface area contributed by atoms with Gasteiger partial charge in [0.15, 0.2) is 5.16 Å². The summed E-state index contributed by atoms with van der Waals surface area (Å²) in [5.41, 5.74) is 1.68. The van der Waals surface area contributed by atoms with Crippen LogP contribution in [0, 0.1) is 11.3 Å². The molecule has 1 aromatic carbocycles. The van der Waals surface area contributed by atoms with Gasteiger partial charge in [0.1, 0.15) is 10.6 Å². The molecule has 3 heterocycles. The number of carbonyl (C=O) groups is 1. The molecule has 0 unspecified atom stereocenters. The van der Waals surface area contributed by atoms with Crippen molar-refractivity contribution >= 4 is 51.0 Å². The SMILES string of the molecule is COc1ccc(-n2c(SCC(=O)N(C)CCC#N)nc3sc4c(c3c2=O)CCCS4)cc1. The molecule has 2 aromatic heterocycles. The van der Waals surface area contributed by atoms with Gasteiger partial charge in [0.2, 0.25) is 5.91 Å². The van der Waals surface area contributed by atoms with Gasteiger partial charge in [-0.05, 0) is 48.4 Å². The van der Waals surface area contributed by atoms with E-state index < -0.39 is 0 Å². The van der Waals surface area contributed by atoms with Gasteiger partial charge in [0.25, 0.3) is 5.56 Å². The van der Waals surface area contributed by atoms with Crippen molar-refractivity contribution in [2.45, 2.75) is 28.6 Å². The van der Waals surface area contributed by atoms with Crippen LogP contribution in [0.15, 0.2) is 38.4 Å². The van der Waals surface area contributed by atoms with Gasteiger partial charge in [-0.2, -0.15) is 5.26 Å². The maximum atomic E-state index is 13.7. The summed E-state index contributed by atoms with van der Waals surface area (Å²) in [5, 5.41) is 9.93. The van der Waals surface area contributed by atoms with Crippen LogP contribution < -0.4 is 10.3 Å². The molecular weight excluding hydrogens is 464 g/mol. The lowest BCUT2D eigenvalue weighted by molar-refractivity contribution is -0.127. The maximum absolute atomic E-state index is 13.7. The van der Waals surface area contributed by atoms with Crippen molar-refractivity contribution in [3.05, 3.63) is 40.2 Å². The Bertz CT molecular complexity index is 1240. The normalized spacial score (nSPS) is 12.9. The molecule has 3 aromatic rings. The molecule has 10 heteroatoms. The summed E-state index contributed by atoms with van der Waals surface area (Å²) in [6, 6.07) is 9.31. The van der Waals surface area contributed by atoms with Gasteiger partial charge >= 0.3 is 0 Å². The molecule has 0 N–H and O–H groups in total. The van der Waals surface area contributed by atoms with Crippen LogP contribution in [0.3, 0.4) is 0 Å². The third-order valence-electron chi connectivity index (χ3n) is 5.20. The fourth-order valence-corrected chi connectivity index (χ4v) is 6.99. The van der Waals surface area contributed by atoms with Crippen LogP contribution in [0.25, 0.3) is 15.9 Å². The number of aromatic nitrogens is 2. The number of aryl methyl sites for hydroxylation is 1. The Morgan fingerprint density at radius 1 is 1.38 bits per heavy atom. The molecule has 0 saturated carbocycles. The number of carbonyl (C=O) groups excluding carboxylic acids is 1. The van der Waals surface area contributed by atoms with E-state index in [1.54, 1.807) is 54.0 Å². The average Bonchev–Trinajstić information content (AvgIpc) is 3.19. The first kappa shape index (κ1) is 22.7. The standard InChI is InChI=1S/C22H22N4O3S3/c1-25(11-4-10-23)17(27)13-31-22-24-19-18(16-5-3-12-30-21(16)32-19)20(28)26(22)14-6-8-15(29-2)9-7-14/h6-9H,3-5,11-13H2,1-2H3. The smallest absolute Gasteiger partial charge is 0.267 e. The molecule has 0 aliphatic carbocycles. The van der Waals surface area contributed by atoms with Crippen molar-refractivity contribution in [3.63, 3.8) is 0 Å². The second-order valence-corrected chi connectivity index (χ2v) is 10.6. The van der Waals surface area contributed by atoms with E-state index in [4.69, 9.17) is 15.0 Å². The molecule has 32 heavy (non-hydrogen) atoms. The second-order valence-electron chi connectivity index (χ2n) is 7.25. The molecular formula is C22H22N4O3S3. The molecule has 0 spiro atoms. The van der Waals surface area contributed by atoms with Gasteiger partial charge in [-0.25, -0.2) is 4.98 Å². The largest absolute Gasteiger partial charge is 0.497 e. The van der Waals surface area contributed by atoms with Crippen molar-refractivity contribution in [2.75, 3.05) is 32.2 Å². The van der Waals surface area contributed by atoms with Gasteiger partial charge in [-0.1, -0.05) is 11.8 Å². The van der Waals surface area contributed by atoms with E-state index in [-0.39, 0.29) is 23.6 Å². The number of fused-ring (bicyclic) bond motifs is 3. The van der Waals surface area contributed by atoms with Crippen LogP contribution >= 0.6 is 34.9 Å². The highest BCUT2D eigenvalue weighted by atomic mass is 32.2. The quantitative estimate of drug-likeness (QED) is 0.369. The number of benzene rings is 1. The lowest BCUT2D eigenvalue weighted by Crippen LogP contribution is -2.29. The molecule has 166 valence electrons. The lowest BCUT2D eigenvalue weighted by atomic mass is 10.1. The summed E-state index contributed by atoms with van der Waals surface area (Å²) in [6.07, 6.45) is 2.22. The van der Waals surface area contributed by atoms with Crippen molar-refractivity contribution in [1.82, 2.24) is 14.5 Å². The van der Waals surface area contributed by atoms with E-state index in [0.29, 0.717) is 28.5 Å². The Hall–Kier alpha value is -2.48. The van der Waals surface area contributed by atoms with Crippen LogP contribution in [-0.4, -0.2) is 52.6 Å². The number of nitrogens with zero attached hydrogens (tertiary/aromatic N) is 4. The Kier molecular flexibility index (Phi) is 7.08. The van der Waals surface area contributed by atoms with Crippen molar-refractivity contribution in [2.24, 2.45) is 0 Å². The molecule has 7 nitrogen and oxygen atoms in total. The monoisotopic (exact) mass is 486 g/mol. The molecule has 0 bridgehead atoms. The highest BCUT2D eigenvalue weighted by molar-refractivity contribution is 8.01.